The van der Waals surface area contributed by atoms with Gasteiger partial charge in [-0.15, -0.1) is 0 Å². The van der Waals surface area contributed by atoms with E-state index in [4.69, 9.17) is 9.47 Å². The second-order valence-corrected chi connectivity index (χ2v) is 7.58. The monoisotopic (exact) mass is 385 g/mol. The smallest absolute Gasteiger partial charge is 0.418 e. The molecule has 5 rings (SSSR count). The molecule has 0 bridgehead atoms. The average Bonchev–Trinajstić information content (AvgIpc) is 3.56. The van der Waals surface area contributed by atoms with Crippen molar-refractivity contribution in [3.8, 4) is 0 Å². The summed E-state index contributed by atoms with van der Waals surface area (Å²) >= 11 is 0. The van der Waals surface area contributed by atoms with Crippen LogP contribution in [0.25, 0.3) is 0 Å². The molecule has 0 N–H and O–H groups in total. The van der Waals surface area contributed by atoms with Crippen molar-refractivity contribution in [1.29, 1.82) is 0 Å². The molecule has 1 aliphatic heterocycles. The highest BCUT2D eigenvalue weighted by Crippen LogP contribution is 2.48. The van der Waals surface area contributed by atoms with Crippen LogP contribution in [0, 0.1) is 0 Å². The molecule has 0 aromatic heterocycles. The molecule has 3 atom stereocenters. The molecule has 3 aromatic carbocycles. The molecule has 0 saturated carbocycles. The van der Waals surface area contributed by atoms with Gasteiger partial charge in [-0.05, 0) is 48.2 Å². The summed E-state index contributed by atoms with van der Waals surface area (Å²) in [7, 11) is 0. The maximum atomic E-state index is 13.1. The minimum Gasteiger partial charge on any atom is -0.448 e. The van der Waals surface area contributed by atoms with Crippen LogP contribution in [0.15, 0.2) is 84.9 Å². The summed E-state index contributed by atoms with van der Waals surface area (Å²) in [6.45, 7) is 0.367. The standard InChI is InChI=1S/C25H23NO3/c27-25(26(19-9-3-1-4-10-19)20-11-5-2-6-12-20)28-17-18-15-16-23-24(29-23)22-14-8-7-13-21(18)22/h1-14,18,23-24H,15-17H2. The van der Waals surface area contributed by atoms with E-state index in [1.54, 1.807) is 4.90 Å². The lowest BCUT2D eigenvalue weighted by atomic mass is 9.93. The fraction of sp³-hybridized carbons (Fsp3) is 0.240. The first-order valence-corrected chi connectivity index (χ1v) is 10.1. The lowest BCUT2D eigenvalue weighted by molar-refractivity contribution is 0.146. The van der Waals surface area contributed by atoms with E-state index in [2.05, 4.69) is 24.3 Å². The maximum Gasteiger partial charge on any atom is 0.418 e. The largest absolute Gasteiger partial charge is 0.448 e. The lowest BCUT2D eigenvalue weighted by Gasteiger charge is -2.24. The quantitative estimate of drug-likeness (QED) is 0.519. The molecule has 1 amide bonds. The predicted octanol–water partition coefficient (Wildman–Crippen LogP) is 5.98. The first-order chi connectivity index (χ1) is 14.3. The highest BCUT2D eigenvalue weighted by Gasteiger charge is 2.44. The number of anilines is 2. The summed E-state index contributed by atoms with van der Waals surface area (Å²) in [5.41, 5.74) is 4.08. The summed E-state index contributed by atoms with van der Waals surface area (Å²) in [6, 6.07) is 27.6. The highest BCUT2D eigenvalue weighted by atomic mass is 16.6. The van der Waals surface area contributed by atoms with Gasteiger partial charge in [0.15, 0.2) is 0 Å². The number of hydrogen-bond acceptors (Lipinski definition) is 3. The van der Waals surface area contributed by atoms with Crippen molar-refractivity contribution < 1.29 is 14.3 Å². The molecule has 1 aliphatic carbocycles. The molecule has 3 aromatic rings. The van der Waals surface area contributed by atoms with Gasteiger partial charge in [-0.25, -0.2) is 9.69 Å². The van der Waals surface area contributed by atoms with Gasteiger partial charge in [0, 0.05) is 5.92 Å². The van der Waals surface area contributed by atoms with Crippen molar-refractivity contribution in [2.24, 2.45) is 0 Å². The second kappa shape index (κ2) is 7.72. The zero-order valence-electron chi connectivity index (χ0n) is 16.1. The molecule has 4 heteroatoms. The second-order valence-electron chi connectivity index (χ2n) is 7.58. The molecule has 1 saturated heterocycles. The van der Waals surface area contributed by atoms with E-state index in [9.17, 15) is 4.79 Å². The number of carbonyl (C=O) groups excluding carboxylic acids is 1. The van der Waals surface area contributed by atoms with Crippen LogP contribution >= 0.6 is 0 Å². The van der Waals surface area contributed by atoms with Crippen LogP contribution in [0.5, 0.6) is 0 Å². The van der Waals surface area contributed by atoms with Gasteiger partial charge in [0.1, 0.15) is 12.7 Å². The van der Waals surface area contributed by atoms with E-state index in [0.29, 0.717) is 12.7 Å². The molecule has 3 unspecified atom stereocenters. The van der Waals surface area contributed by atoms with Crippen molar-refractivity contribution in [3.05, 3.63) is 96.1 Å². The molecule has 2 aliphatic rings. The number of carbonyl (C=O) groups is 1. The Balaban J connectivity index is 1.37. The van der Waals surface area contributed by atoms with E-state index in [-0.39, 0.29) is 18.1 Å². The van der Waals surface area contributed by atoms with Gasteiger partial charge < -0.3 is 9.47 Å². The third kappa shape index (κ3) is 3.64. The van der Waals surface area contributed by atoms with E-state index in [0.717, 1.165) is 24.2 Å². The molecular weight excluding hydrogens is 362 g/mol. The normalized spacial score (nSPS) is 22.0. The Labute approximate surface area is 170 Å². The Hall–Kier alpha value is -3.11. The molecule has 146 valence electrons. The van der Waals surface area contributed by atoms with Crippen LogP contribution in [-0.2, 0) is 9.47 Å². The summed E-state index contributed by atoms with van der Waals surface area (Å²) in [5, 5.41) is 0. The van der Waals surface area contributed by atoms with Crippen molar-refractivity contribution >= 4 is 17.5 Å². The molecule has 4 nitrogen and oxygen atoms in total. The molecule has 0 radical (unpaired) electrons. The highest BCUT2D eigenvalue weighted by molar-refractivity contribution is 5.95. The van der Waals surface area contributed by atoms with Crippen LogP contribution in [-0.4, -0.2) is 18.8 Å². The van der Waals surface area contributed by atoms with Gasteiger partial charge in [0.2, 0.25) is 0 Å². The van der Waals surface area contributed by atoms with Crippen LogP contribution in [0.3, 0.4) is 0 Å². The third-order valence-corrected chi connectivity index (χ3v) is 5.74. The molecule has 29 heavy (non-hydrogen) atoms. The maximum absolute atomic E-state index is 13.1. The van der Waals surface area contributed by atoms with E-state index < -0.39 is 0 Å². The van der Waals surface area contributed by atoms with Crippen LogP contribution in [0.4, 0.5) is 16.2 Å². The van der Waals surface area contributed by atoms with Gasteiger partial charge >= 0.3 is 6.09 Å². The van der Waals surface area contributed by atoms with E-state index in [1.807, 2.05) is 60.7 Å². The minimum atomic E-state index is -0.356. The van der Waals surface area contributed by atoms with Crippen molar-refractivity contribution in [2.75, 3.05) is 11.5 Å². The number of hydrogen-bond donors (Lipinski definition) is 0. The zero-order valence-corrected chi connectivity index (χ0v) is 16.1. The lowest BCUT2D eigenvalue weighted by Crippen LogP contribution is -2.28. The number of epoxide rings is 1. The minimum absolute atomic E-state index is 0.194. The summed E-state index contributed by atoms with van der Waals surface area (Å²) < 4.78 is 11.7. The van der Waals surface area contributed by atoms with Gasteiger partial charge in [-0.2, -0.15) is 0 Å². The number of amides is 1. The molecule has 1 heterocycles. The third-order valence-electron chi connectivity index (χ3n) is 5.74. The number of para-hydroxylation sites is 2. The van der Waals surface area contributed by atoms with Crippen LogP contribution < -0.4 is 4.90 Å². The Morgan fingerprint density at radius 2 is 1.41 bits per heavy atom. The Bertz CT molecular complexity index is 950. The van der Waals surface area contributed by atoms with E-state index >= 15 is 0 Å². The fourth-order valence-electron chi connectivity index (χ4n) is 4.22. The van der Waals surface area contributed by atoms with Crippen molar-refractivity contribution in [1.82, 2.24) is 0 Å². The van der Waals surface area contributed by atoms with Gasteiger partial charge in [0.05, 0.1) is 17.5 Å². The fourth-order valence-corrected chi connectivity index (χ4v) is 4.22. The number of ether oxygens (including phenoxy) is 2. The summed E-state index contributed by atoms with van der Waals surface area (Å²) in [5.74, 6) is 0.194. The average molecular weight is 385 g/mol. The van der Waals surface area contributed by atoms with Crippen molar-refractivity contribution in [3.63, 3.8) is 0 Å². The van der Waals surface area contributed by atoms with Crippen LogP contribution in [0.1, 0.15) is 36.0 Å². The number of benzene rings is 3. The number of fused-ring (bicyclic) bond motifs is 3. The van der Waals surface area contributed by atoms with Gasteiger partial charge in [-0.3, -0.25) is 0 Å². The predicted molar refractivity (Wildman–Crippen MR) is 112 cm³/mol. The van der Waals surface area contributed by atoms with Crippen LogP contribution in [0.2, 0.25) is 0 Å². The summed E-state index contributed by atoms with van der Waals surface area (Å²) in [6.07, 6.45) is 2.15. The Morgan fingerprint density at radius 3 is 2.07 bits per heavy atom. The topological polar surface area (TPSA) is 42.1 Å². The van der Waals surface area contributed by atoms with E-state index in [1.165, 1.54) is 11.1 Å². The molecule has 0 spiro atoms. The number of rotatable bonds is 4. The number of nitrogens with zero attached hydrogens (tertiary/aromatic N) is 1. The zero-order chi connectivity index (χ0) is 19.6. The SMILES string of the molecule is O=C(OCC1CCC2OC2c2ccccc21)N(c1ccccc1)c1ccccc1. The van der Waals surface area contributed by atoms with Gasteiger partial charge in [-0.1, -0.05) is 60.7 Å². The Kier molecular flexibility index (Phi) is 4.78. The molecule has 1 fully saturated rings. The molecular formula is C25H23NO3. The first-order valence-electron chi connectivity index (χ1n) is 10.1. The van der Waals surface area contributed by atoms with Crippen molar-refractivity contribution in [2.45, 2.75) is 31.0 Å². The van der Waals surface area contributed by atoms with Gasteiger partial charge in [0.25, 0.3) is 0 Å². The first kappa shape index (κ1) is 18.0. The summed E-state index contributed by atoms with van der Waals surface area (Å²) in [4.78, 5) is 14.8. The Morgan fingerprint density at radius 1 is 0.828 bits per heavy atom.